The molecule has 0 spiro atoms. The number of nitrogens with one attached hydrogen (secondary N) is 1. The van der Waals surface area contributed by atoms with Crippen LogP contribution in [-0.2, 0) is 0 Å². The summed E-state index contributed by atoms with van der Waals surface area (Å²) in [5.74, 6) is 0. The third-order valence-electron chi connectivity index (χ3n) is 2.47. The number of benzene rings is 1. The third kappa shape index (κ3) is 2.83. The average Bonchev–Trinajstić information content (AvgIpc) is 2.39. The van der Waals surface area contributed by atoms with E-state index >= 15 is 0 Å². The number of non-ortho nitro benzene ring substituents is 1. The van der Waals surface area contributed by atoms with Crippen LogP contribution in [0, 0.1) is 20.2 Å². The zero-order valence-corrected chi connectivity index (χ0v) is 9.65. The molecule has 0 bridgehead atoms. The Kier molecular flexibility index (Phi) is 3.37. The first-order valence-corrected chi connectivity index (χ1v) is 5.32. The SMILES string of the molecule is O=[N+]([O-])c1ccc(C=C2C=CC=CN2)c([N+](=O)[O-])c1. The maximum Gasteiger partial charge on any atom is 0.283 e. The molecular weight excluding hydrogens is 250 g/mol. The van der Waals surface area contributed by atoms with Crippen molar-refractivity contribution in [3.05, 3.63) is 74.1 Å². The maximum absolute atomic E-state index is 10.9. The van der Waals surface area contributed by atoms with Gasteiger partial charge in [-0.2, -0.15) is 0 Å². The minimum atomic E-state index is -0.661. The van der Waals surface area contributed by atoms with Gasteiger partial charge in [-0.05, 0) is 24.3 Å². The van der Waals surface area contributed by atoms with Crippen molar-refractivity contribution in [1.82, 2.24) is 5.32 Å². The Balaban J connectivity index is 2.45. The van der Waals surface area contributed by atoms with Gasteiger partial charge in [0.1, 0.15) is 0 Å². The third-order valence-corrected chi connectivity index (χ3v) is 2.47. The number of hydrogen-bond donors (Lipinski definition) is 1. The van der Waals surface area contributed by atoms with Crippen LogP contribution >= 0.6 is 0 Å². The van der Waals surface area contributed by atoms with E-state index in [2.05, 4.69) is 5.32 Å². The fourth-order valence-corrected chi connectivity index (χ4v) is 1.59. The lowest BCUT2D eigenvalue weighted by molar-refractivity contribution is -0.394. The molecule has 19 heavy (non-hydrogen) atoms. The highest BCUT2D eigenvalue weighted by atomic mass is 16.6. The average molecular weight is 259 g/mol. The van der Waals surface area contributed by atoms with Gasteiger partial charge in [-0.25, -0.2) is 0 Å². The molecule has 1 N–H and O–H groups in total. The van der Waals surface area contributed by atoms with Crippen molar-refractivity contribution in [3.63, 3.8) is 0 Å². The fraction of sp³-hybridized carbons (Fsp3) is 0. The van der Waals surface area contributed by atoms with Gasteiger partial charge in [-0.15, -0.1) is 0 Å². The zero-order valence-electron chi connectivity index (χ0n) is 9.65. The lowest BCUT2D eigenvalue weighted by atomic mass is 10.1. The molecule has 2 rings (SSSR count). The van der Waals surface area contributed by atoms with Crippen molar-refractivity contribution in [1.29, 1.82) is 0 Å². The van der Waals surface area contributed by atoms with Gasteiger partial charge in [0.25, 0.3) is 11.4 Å². The topological polar surface area (TPSA) is 98.3 Å². The molecule has 1 aliphatic rings. The quantitative estimate of drug-likeness (QED) is 0.664. The van der Waals surface area contributed by atoms with Crippen LogP contribution in [0.5, 0.6) is 0 Å². The smallest absolute Gasteiger partial charge is 0.283 e. The Labute approximate surface area is 107 Å². The second kappa shape index (κ2) is 5.13. The summed E-state index contributed by atoms with van der Waals surface area (Å²) in [6, 6.07) is 3.55. The molecule has 0 atom stereocenters. The Morgan fingerprint density at radius 2 is 1.89 bits per heavy atom. The lowest BCUT2D eigenvalue weighted by Gasteiger charge is -2.05. The molecule has 0 radical (unpaired) electrons. The second-order valence-corrected chi connectivity index (χ2v) is 3.72. The summed E-state index contributed by atoms with van der Waals surface area (Å²) in [5.41, 5.74) is 0.366. The van der Waals surface area contributed by atoms with Crippen molar-refractivity contribution in [3.8, 4) is 0 Å². The summed E-state index contributed by atoms with van der Waals surface area (Å²) in [4.78, 5) is 20.3. The molecule has 0 fully saturated rings. The highest BCUT2D eigenvalue weighted by Crippen LogP contribution is 2.26. The zero-order chi connectivity index (χ0) is 13.8. The summed E-state index contributed by atoms with van der Waals surface area (Å²) >= 11 is 0. The number of hydrogen-bond acceptors (Lipinski definition) is 5. The van der Waals surface area contributed by atoms with E-state index in [-0.39, 0.29) is 11.4 Å². The Morgan fingerprint density at radius 3 is 2.47 bits per heavy atom. The van der Waals surface area contributed by atoms with Crippen LogP contribution in [0.4, 0.5) is 11.4 Å². The second-order valence-electron chi connectivity index (χ2n) is 3.72. The summed E-state index contributed by atoms with van der Waals surface area (Å²) < 4.78 is 0. The molecule has 1 heterocycles. The molecule has 0 unspecified atom stereocenters. The van der Waals surface area contributed by atoms with E-state index in [0.29, 0.717) is 11.3 Å². The molecule has 7 heteroatoms. The summed E-state index contributed by atoms with van der Waals surface area (Å²) in [7, 11) is 0. The first-order valence-electron chi connectivity index (χ1n) is 5.32. The molecule has 1 aromatic carbocycles. The number of nitrogens with zero attached hydrogens (tertiary/aromatic N) is 2. The summed E-state index contributed by atoms with van der Waals surface area (Å²) in [6.45, 7) is 0. The molecule has 0 amide bonds. The Bertz CT molecular complexity index is 632. The van der Waals surface area contributed by atoms with Gasteiger partial charge in [0.05, 0.1) is 21.5 Å². The van der Waals surface area contributed by atoms with E-state index in [1.54, 1.807) is 30.5 Å². The van der Waals surface area contributed by atoms with Crippen molar-refractivity contribution >= 4 is 17.5 Å². The van der Waals surface area contributed by atoms with E-state index in [1.165, 1.54) is 12.1 Å². The van der Waals surface area contributed by atoms with Crippen molar-refractivity contribution in [2.24, 2.45) is 0 Å². The van der Waals surface area contributed by atoms with E-state index in [1.807, 2.05) is 0 Å². The number of allylic oxidation sites excluding steroid dienone is 3. The van der Waals surface area contributed by atoms with Crippen LogP contribution in [0.2, 0.25) is 0 Å². The van der Waals surface area contributed by atoms with Crippen molar-refractivity contribution in [2.75, 3.05) is 0 Å². The number of rotatable bonds is 3. The number of nitro benzene ring substituents is 2. The van der Waals surface area contributed by atoms with Gasteiger partial charge in [0.15, 0.2) is 0 Å². The highest BCUT2D eigenvalue weighted by molar-refractivity contribution is 5.67. The van der Waals surface area contributed by atoms with Crippen LogP contribution in [-0.4, -0.2) is 9.85 Å². The van der Waals surface area contributed by atoms with Gasteiger partial charge in [0, 0.05) is 18.0 Å². The van der Waals surface area contributed by atoms with Crippen LogP contribution in [0.1, 0.15) is 5.56 Å². The van der Waals surface area contributed by atoms with E-state index in [9.17, 15) is 20.2 Å². The number of dihydropyridines is 1. The van der Waals surface area contributed by atoms with Gasteiger partial charge < -0.3 is 5.32 Å². The predicted molar refractivity (Wildman–Crippen MR) is 69.1 cm³/mol. The molecule has 96 valence electrons. The molecule has 1 aliphatic heterocycles. The van der Waals surface area contributed by atoms with Crippen LogP contribution in [0.15, 0.2) is 48.3 Å². The first-order chi connectivity index (χ1) is 9.08. The van der Waals surface area contributed by atoms with Gasteiger partial charge >= 0.3 is 0 Å². The highest BCUT2D eigenvalue weighted by Gasteiger charge is 2.18. The fourth-order valence-electron chi connectivity index (χ4n) is 1.59. The predicted octanol–water partition coefficient (Wildman–Crippen LogP) is 2.52. The minimum Gasteiger partial charge on any atom is -0.362 e. The lowest BCUT2D eigenvalue weighted by Crippen LogP contribution is -2.04. The van der Waals surface area contributed by atoms with Gasteiger partial charge in [-0.3, -0.25) is 20.2 Å². The Hall–Kier alpha value is -2.96. The number of nitro groups is 2. The molecular formula is C12H9N3O4. The van der Waals surface area contributed by atoms with Crippen molar-refractivity contribution in [2.45, 2.75) is 0 Å². The minimum absolute atomic E-state index is 0.300. The summed E-state index contributed by atoms with van der Waals surface area (Å²) in [5, 5.41) is 24.5. The molecule has 0 saturated carbocycles. The summed E-state index contributed by atoms with van der Waals surface area (Å²) in [6.07, 6.45) is 8.54. The molecule has 0 aromatic heterocycles. The van der Waals surface area contributed by atoms with Crippen LogP contribution in [0.3, 0.4) is 0 Å². The van der Waals surface area contributed by atoms with Crippen molar-refractivity contribution < 1.29 is 9.85 Å². The normalized spacial score (nSPS) is 15.3. The Morgan fingerprint density at radius 1 is 1.11 bits per heavy atom. The molecule has 0 aliphatic carbocycles. The van der Waals surface area contributed by atoms with Crippen LogP contribution < -0.4 is 5.32 Å². The molecule has 1 aromatic rings. The monoisotopic (exact) mass is 259 g/mol. The molecule has 7 nitrogen and oxygen atoms in total. The van der Waals surface area contributed by atoms with Gasteiger partial charge in [0.2, 0.25) is 0 Å². The van der Waals surface area contributed by atoms with Crippen LogP contribution in [0.25, 0.3) is 6.08 Å². The van der Waals surface area contributed by atoms with E-state index < -0.39 is 9.85 Å². The van der Waals surface area contributed by atoms with E-state index in [0.717, 1.165) is 6.07 Å². The molecule has 0 saturated heterocycles. The largest absolute Gasteiger partial charge is 0.362 e. The standard InChI is InChI=1S/C12H9N3O4/c16-14(17)11-5-4-9(12(8-11)15(18)19)7-10-3-1-2-6-13-10/h1-8,13H. The van der Waals surface area contributed by atoms with Gasteiger partial charge in [-0.1, -0.05) is 6.08 Å². The van der Waals surface area contributed by atoms with E-state index in [4.69, 9.17) is 0 Å². The maximum atomic E-state index is 10.9. The first kappa shape index (κ1) is 12.5.